The summed E-state index contributed by atoms with van der Waals surface area (Å²) >= 11 is 0. The lowest BCUT2D eigenvalue weighted by Gasteiger charge is -2.14. The number of rotatable bonds is 6. The summed E-state index contributed by atoms with van der Waals surface area (Å²) in [5, 5.41) is 5.15. The summed E-state index contributed by atoms with van der Waals surface area (Å²) in [6.45, 7) is 1.31. The van der Waals surface area contributed by atoms with Crippen LogP contribution in [0.3, 0.4) is 0 Å². The normalized spacial score (nSPS) is 16.4. The number of imide groups is 1. The highest BCUT2D eigenvalue weighted by atomic mass is 19.1. The van der Waals surface area contributed by atoms with Gasteiger partial charge in [0.25, 0.3) is 5.91 Å². The highest BCUT2D eigenvalue weighted by molar-refractivity contribution is 6.08. The molecule has 2 aromatic carbocycles. The zero-order chi connectivity index (χ0) is 19.4. The first-order chi connectivity index (χ1) is 12.9. The third kappa shape index (κ3) is 4.49. The Bertz CT molecular complexity index is 870. The van der Waals surface area contributed by atoms with Gasteiger partial charge < -0.3 is 10.6 Å². The molecule has 1 heterocycles. The Hall–Kier alpha value is -3.22. The molecule has 0 aromatic heterocycles. The number of hydrogen-bond acceptors (Lipinski definition) is 3. The van der Waals surface area contributed by atoms with Crippen LogP contribution in [0.15, 0.2) is 48.5 Å². The van der Waals surface area contributed by atoms with Crippen LogP contribution in [0.4, 0.5) is 14.9 Å². The van der Waals surface area contributed by atoms with Crippen molar-refractivity contribution in [3.05, 3.63) is 65.5 Å². The van der Waals surface area contributed by atoms with E-state index in [-0.39, 0.29) is 0 Å². The second-order valence-electron chi connectivity index (χ2n) is 6.46. The molecule has 0 aliphatic carbocycles. The fourth-order valence-electron chi connectivity index (χ4n) is 2.94. The van der Waals surface area contributed by atoms with E-state index in [0.717, 1.165) is 10.5 Å². The van der Waals surface area contributed by atoms with Gasteiger partial charge in [-0.25, -0.2) is 9.18 Å². The molecule has 6 nitrogen and oxygen atoms in total. The smallest absolute Gasteiger partial charge is 0.325 e. The van der Waals surface area contributed by atoms with Gasteiger partial charge in [-0.3, -0.25) is 14.5 Å². The van der Waals surface area contributed by atoms with Gasteiger partial charge in [0.1, 0.15) is 18.4 Å². The maximum Gasteiger partial charge on any atom is 0.325 e. The Kier molecular flexibility index (Phi) is 5.49. The second kappa shape index (κ2) is 7.99. The molecule has 1 aliphatic heterocycles. The van der Waals surface area contributed by atoms with Crippen LogP contribution in [-0.2, 0) is 16.0 Å². The highest BCUT2D eigenvalue weighted by Crippen LogP contribution is 2.17. The maximum absolute atomic E-state index is 13.3. The molecule has 1 atom stereocenters. The lowest BCUT2D eigenvalue weighted by molar-refractivity contribution is -0.130. The molecular weight excluding hydrogens is 349 g/mol. The van der Waals surface area contributed by atoms with Crippen molar-refractivity contribution in [2.24, 2.45) is 0 Å². The van der Waals surface area contributed by atoms with E-state index >= 15 is 0 Å². The Morgan fingerprint density at radius 2 is 1.93 bits per heavy atom. The van der Waals surface area contributed by atoms with E-state index in [2.05, 4.69) is 10.6 Å². The molecule has 0 bridgehead atoms. The highest BCUT2D eigenvalue weighted by Gasteiger charge is 2.38. The SMILES string of the molecule is Cc1ccc(F)cc1NC(=O)CN1C(=O)N[C@@H](CCc2ccccc2)C1=O. The molecule has 3 rings (SSSR count). The van der Waals surface area contributed by atoms with E-state index in [1.54, 1.807) is 6.92 Å². The van der Waals surface area contributed by atoms with Crippen LogP contribution in [0.25, 0.3) is 0 Å². The molecule has 140 valence electrons. The number of carbonyl (C=O) groups excluding carboxylic acids is 3. The molecular formula is C20H20FN3O3. The number of anilines is 1. The first-order valence-electron chi connectivity index (χ1n) is 8.66. The number of nitrogens with one attached hydrogen (secondary N) is 2. The molecule has 1 fully saturated rings. The van der Waals surface area contributed by atoms with Crippen molar-refractivity contribution in [3.8, 4) is 0 Å². The summed E-state index contributed by atoms with van der Waals surface area (Å²) in [7, 11) is 0. The fourth-order valence-corrected chi connectivity index (χ4v) is 2.94. The largest absolute Gasteiger partial charge is 0.326 e. The molecule has 0 saturated carbocycles. The maximum atomic E-state index is 13.3. The van der Waals surface area contributed by atoms with Gasteiger partial charge in [0.05, 0.1) is 0 Å². The van der Waals surface area contributed by atoms with E-state index in [0.29, 0.717) is 24.1 Å². The van der Waals surface area contributed by atoms with E-state index < -0.39 is 36.2 Å². The van der Waals surface area contributed by atoms with Crippen LogP contribution in [0, 0.1) is 12.7 Å². The minimum Gasteiger partial charge on any atom is -0.326 e. The molecule has 1 aliphatic rings. The van der Waals surface area contributed by atoms with Gasteiger partial charge in [-0.1, -0.05) is 36.4 Å². The van der Waals surface area contributed by atoms with Gasteiger partial charge in [-0.2, -0.15) is 0 Å². The summed E-state index contributed by atoms with van der Waals surface area (Å²) in [6.07, 6.45) is 1.09. The quantitative estimate of drug-likeness (QED) is 0.769. The molecule has 4 amide bonds. The van der Waals surface area contributed by atoms with Gasteiger partial charge in [0.15, 0.2) is 0 Å². The van der Waals surface area contributed by atoms with Crippen molar-refractivity contribution in [2.75, 3.05) is 11.9 Å². The first-order valence-corrected chi connectivity index (χ1v) is 8.66. The average Bonchev–Trinajstić information content (AvgIpc) is 2.91. The van der Waals surface area contributed by atoms with Crippen molar-refractivity contribution >= 4 is 23.5 Å². The van der Waals surface area contributed by atoms with Crippen LogP contribution in [-0.4, -0.2) is 35.3 Å². The van der Waals surface area contributed by atoms with E-state index in [9.17, 15) is 18.8 Å². The Labute approximate surface area is 156 Å². The Morgan fingerprint density at radius 3 is 2.67 bits per heavy atom. The lowest BCUT2D eigenvalue weighted by atomic mass is 10.1. The van der Waals surface area contributed by atoms with Crippen LogP contribution in [0.1, 0.15) is 17.5 Å². The van der Waals surface area contributed by atoms with Crippen molar-refractivity contribution < 1.29 is 18.8 Å². The van der Waals surface area contributed by atoms with Gasteiger partial charge in [-0.15, -0.1) is 0 Å². The first kappa shape index (κ1) is 18.6. The number of carbonyl (C=O) groups is 3. The summed E-state index contributed by atoms with van der Waals surface area (Å²) in [5.41, 5.74) is 2.06. The van der Waals surface area contributed by atoms with Gasteiger partial charge in [0, 0.05) is 5.69 Å². The fraction of sp³-hybridized carbons (Fsp3) is 0.250. The predicted molar refractivity (Wildman–Crippen MR) is 98.6 cm³/mol. The third-order valence-electron chi connectivity index (χ3n) is 4.45. The summed E-state index contributed by atoms with van der Waals surface area (Å²) in [6, 6.07) is 12.4. The average molecular weight is 369 g/mol. The molecule has 7 heteroatoms. The summed E-state index contributed by atoms with van der Waals surface area (Å²) < 4.78 is 13.3. The van der Waals surface area contributed by atoms with Crippen LogP contribution in [0.2, 0.25) is 0 Å². The van der Waals surface area contributed by atoms with Gasteiger partial charge >= 0.3 is 6.03 Å². The number of aryl methyl sites for hydroxylation is 2. The minimum absolute atomic E-state index is 0.313. The Balaban J connectivity index is 1.58. The molecule has 0 unspecified atom stereocenters. The van der Waals surface area contributed by atoms with E-state index in [4.69, 9.17) is 0 Å². The molecule has 1 saturated heterocycles. The van der Waals surface area contributed by atoms with Crippen LogP contribution in [0.5, 0.6) is 0 Å². The van der Waals surface area contributed by atoms with Gasteiger partial charge in [-0.05, 0) is 43.0 Å². The summed E-state index contributed by atoms with van der Waals surface area (Å²) in [4.78, 5) is 37.6. The minimum atomic E-state index is -0.651. The second-order valence-corrected chi connectivity index (χ2v) is 6.46. The topological polar surface area (TPSA) is 78.5 Å². The summed E-state index contributed by atoms with van der Waals surface area (Å²) in [5.74, 6) is -1.47. The number of hydrogen-bond donors (Lipinski definition) is 2. The number of benzene rings is 2. The van der Waals surface area contributed by atoms with Crippen molar-refractivity contribution in [1.82, 2.24) is 10.2 Å². The van der Waals surface area contributed by atoms with Crippen molar-refractivity contribution in [2.45, 2.75) is 25.8 Å². The van der Waals surface area contributed by atoms with Gasteiger partial charge in [0.2, 0.25) is 5.91 Å². The van der Waals surface area contributed by atoms with Crippen LogP contribution >= 0.6 is 0 Å². The zero-order valence-electron chi connectivity index (χ0n) is 14.9. The molecule has 0 spiro atoms. The third-order valence-corrected chi connectivity index (χ3v) is 4.45. The molecule has 2 aromatic rings. The zero-order valence-corrected chi connectivity index (χ0v) is 14.9. The predicted octanol–water partition coefficient (Wildman–Crippen LogP) is 2.63. The number of amides is 4. The van der Waals surface area contributed by atoms with E-state index in [1.165, 1.54) is 18.2 Å². The van der Waals surface area contributed by atoms with Crippen molar-refractivity contribution in [1.29, 1.82) is 0 Å². The number of halogens is 1. The number of nitrogens with zero attached hydrogens (tertiary/aromatic N) is 1. The van der Waals surface area contributed by atoms with E-state index in [1.807, 2.05) is 30.3 Å². The monoisotopic (exact) mass is 369 g/mol. The van der Waals surface area contributed by atoms with Crippen LogP contribution < -0.4 is 10.6 Å². The number of urea groups is 1. The molecule has 27 heavy (non-hydrogen) atoms. The molecule has 0 radical (unpaired) electrons. The molecule has 2 N–H and O–H groups in total. The lowest BCUT2D eigenvalue weighted by Crippen LogP contribution is -2.38. The Morgan fingerprint density at radius 1 is 1.19 bits per heavy atom. The van der Waals surface area contributed by atoms with Crippen molar-refractivity contribution in [3.63, 3.8) is 0 Å². The standard InChI is InChI=1S/C20H20FN3O3/c1-13-7-9-15(21)11-17(13)22-18(25)12-24-19(26)16(23-20(24)27)10-8-14-5-3-2-4-6-14/h2-7,9,11,16H,8,10,12H2,1H3,(H,22,25)(H,23,27)/t16-/m0/s1.